The zero-order chi connectivity index (χ0) is 23.3. The third-order valence-electron chi connectivity index (χ3n) is 5.95. The van der Waals surface area contributed by atoms with E-state index in [1.165, 1.54) is 18.2 Å². The van der Waals surface area contributed by atoms with Crippen LogP contribution in [0.3, 0.4) is 0 Å². The Bertz CT molecular complexity index is 1160. The van der Waals surface area contributed by atoms with Gasteiger partial charge in [-0.1, -0.05) is 12.1 Å². The molecule has 4 rings (SSSR count). The molecule has 170 valence electrons. The molecule has 0 saturated heterocycles. The first-order valence-corrected chi connectivity index (χ1v) is 10.1. The van der Waals surface area contributed by atoms with Crippen LogP contribution in [0.25, 0.3) is 10.9 Å². The van der Waals surface area contributed by atoms with Gasteiger partial charge in [0.05, 0.1) is 17.5 Å². The summed E-state index contributed by atoms with van der Waals surface area (Å²) in [5.41, 5.74) is 0.819. The number of rotatable bonds is 4. The van der Waals surface area contributed by atoms with E-state index >= 15 is 0 Å². The van der Waals surface area contributed by atoms with E-state index in [9.17, 15) is 36.2 Å². The first-order chi connectivity index (χ1) is 14.9. The van der Waals surface area contributed by atoms with Crippen LogP contribution in [0.1, 0.15) is 53.1 Å². The van der Waals surface area contributed by atoms with Crippen LogP contribution in [0.4, 0.5) is 26.3 Å². The van der Waals surface area contributed by atoms with Crippen molar-refractivity contribution >= 4 is 16.9 Å². The molecule has 0 radical (unpaired) electrons. The van der Waals surface area contributed by atoms with Gasteiger partial charge in [0.25, 0.3) is 0 Å². The zero-order valence-corrected chi connectivity index (χ0v) is 16.7. The van der Waals surface area contributed by atoms with Gasteiger partial charge in [-0.2, -0.15) is 26.3 Å². The monoisotopic (exact) mass is 455 g/mol. The number of fused-ring (bicyclic) bond motifs is 3. The fraction of sp³-hybridized carbons (Fsp3) is 0.348. The van der Waals surface area contributed by atoms with Gasteiger partial charge >= 0.3 is 18.3 Å². The molecule has 0 bridgehead atoms. The van der Waals surface area contributed by atoms with E-state index in [-0.39, 0.29) is 18.9 Å². The molecule has 1 aromatic heterocycles. The average molecular weight is 455 g/mol. The Morgan fingerprint density at radius 3 is 2.19 bits per heavy atom. The number of carbonyl (C=O) groups is 1. The molecule has 1 aliphatic carbocycles. The van der Waals surface area contributed by atoms with Crippen molar-refractivity contribution in [2.45, 2.75) is 50.5 Å². The van der Waals surface area contributed by atoms with Crippen LogP contribution in [0.2, 0.25) is 0 Å². The fourth-order valence-electron chi connectivity index (χ4n) is 4.57. The van der Waals surface area contributed by atoms with Gasteiger partial charge in [0.2, 0.25) is 0 Å². The minimum atomic E-state index is -4.52. The molecular weight excluding hydrogens is 436 g/mol. The van der Waals surface area contributed by atoms with Crippen molar-refractivity contribution in [2.75, 3.05) is 0 Å². The first-order valence-electron chi connectivity index (χ1n) is 10.1. The van der Waals surface area contributed by atoms with Crippen LogP contribution in [-0.2, 0) is 30.1 Å². The fourth-order valence-corrected chi connectivity index (χ4v) is 4.57. The van der Waals surface area contributed by atoms with Crippen molar-refractivity contribution in [3.05, 3.63) is 70.4 Å². The quantitative estimate of drug-likeness (QED) is 0.449. The minimum Gasteiger partial charge on any atom is -0.481 e. The summed E-state index contributed by atoms with van der Waals surface area (Å²) in [5, 5.41) is 9.75. The molecule has 1 unspecified atom stereocenters. The van der Waals surface area contributed by atoms with Crippen LogP contribution in [-0.4, -0.2) is 15.6 Å². The highest BCUT2D eigenvalue weighted by molar-refractivity contribution is 5.87. The molecule has 2 aromatic carbocycles. The first kappa shape index (κ1) is 22.2. The number of halogens is 6. The van der Waals surface area contributed by atoms with E-state index in [2.05, 4.69) is 0 Å². The number of aromatic nitrogens is 1. The molecular formula is C23H19F6NO2. The summed E-state index contributed by atoms with van der Waals surface area (Å²) in [6, 6.07) is 8.01. The molecule has 1 atom stereocenters. The predicted molar refractivity (Wildman–Crippen MR) is 105 cm³/mol. The number of benzene rings is 2. The number of alkyl halides is 6. The summed E-state index contributed by atoms with van der Waals surface area (Å²) in [4.78, 5) is 11.4. The molecule has 1 N–H and O–H groups in total. The van der Waals surface area contributed by atoms with Crippen molar-refractivity contribution in [1.82, 2.24) is 4.57 Å². The summed E-state index contributed by atoms with van der Waals surface area (Å²) in [5.74, 6) is -1.39. The second kappa shape index (κ2) is 7.86. The van der Waals surface area contributed by atoms with Crippen LogP contribution in [0.5, 0.6) is 0 Å². The van der Waals surface area contributed by atoms with Gasteiger partial charge in [-0.3, -0.25) is 4.79 Å². The summed E-state index contributed by atoms with van der Waals surface area (Å²) < 4.78 is 80.3. The van der Waals surface area contributed by atoms with E-state index in [4.69, 9.17) is 0 Å². The topological polar surface area (TPSA) is 42.2 Å². The van der Waals surface area contributed by atoms with Crippen LogP contribution in [0.15, 0.2) is 42.5 Å². The van der Waals surface area contributed by atoms with Crippen LogP contribution in [0, 0.1) is 0 Å². The molecule has 9 heteroatoms. The third-order valence-corrected chi connectivity index (χ3v) is 5.95. The predicted octanol–water partition coefficient (Wildman–Crippen LogP) is 6.62. The number of aliphatic carboxylic acids is 1. The molecule has 1 heterocycles. The lowest BCUT2D eigenvalue weighted by Gasteiger charge is -2.25. The largest absolute Gasteiger partial charge is 0.481 e. The molecule has 0 aliphatic heterocycles. The lowest BCUT2D eigenvalue weighted by Crippen LogP contribution is -2.17. The van der Waals surface area contributed by atoms with Gasteiger partial charge in [-0.05, 0) is 60.7 Å². The van der Waals surface area contributed by atoms with E-state index in [1.807, 2.05) is 0 Å². The zero-order valence-electron chi connectivity index (χ0n) is 16.7. The van der Waals surface area contributed by atoms with E-state index in [1.54, 1.807) is 4.57 Å². The van der Waals surface area contributed by atoms with Gasteiger partial charge in [-0.15, -0.1) is 0 Å². The molecule has 3 nitrogen and oxygen atoms in total. The maximum atomic E-state index is 13.3. The standard InChI is InChI=1S/C23H19F6NO2/c24-22(25,26)15-6-4-13(5-7-15)12-30-19-9-8-16(23(27,28)29)11-18(19)17-3-1-2-14(21(17)30)10-20(31)32/h4-9,11,14H,1-3,10,12H2,(H,31,32). The van der Waals surface area contributed by atoms with E-state index in [0.717, 1.165) is 24.3 Å². The lowest BCUT2D eigenvalue weighted by atomic mass is 9.84. The molecule has 3 aromatic rings. The number of nitrogens with zero attached hydrogens (tertiary/aromatic N) is 1. The Morgan fingerprint density at radius 1 is 0.969 bits per heavy atom. The average Bonchev–Trinajstić information content (AvgIpc) is 3.01. The Labute approximate surface area is 179 Å². The number of carboxylic acids is 1. The third kappa shape index (κ3) is 4.20. The Hall–Kier alpha value is -2.97. The second-order valence-corrected chi connectivity index (χ2v) is 8.06. The normalized spacial score (nSPS) is 16.9. The number of carboxylic acid groups (broad SMARTS) is 1. The second-order valence-electron chi connectivity index (χ2n) is 8.06. The van der Waals surface area contributed by atoms with E-state index < -0.39 is 29.4 Å². The molecule has 0 fully saturated rings. The summed E-state index contributed by atoms with van der Waals surface area (Å²) >= 11 is 0. The lowest BCUT2D eigenvalue weighted by molar-refractivity contribution is -0.138. The molecule has 1 aliphatic rings. The minimum absolute atomic E-state index is 0.130. The highest BCUT2D eigenvalue weighted by atomic mass is 19.4. The van der Waals surface area contributed by atoms with Gasteiger partial charge < -0.3 is 9.67 Å². The smallest absolute Gasteiger partial charge is 0.416 e. The molecule has 32 heavy (non-hydrogen) atoms. The van der Waals surface area contributed by atoms with Crippen molar-refractivity contribution in [2.24, 2.45) is 0 Å². The molecule has 0 spiro atoms. The Balaban J connectivity index is 1.85. The summed E-state index contributed by atoms with van der Waals surface area (Å²) in [6.45, 7) is 0.130. The number of hydrogen-bond donors (Lipinski definition) is 1. The van der Waals surface area contributed by atoms with Crippen molar-refractivity contribution in [3.63, 3.8) is 0 Å². The number of aryl methyl sites for hydroxylation is 1. The van der Waals surface area contributed by atoms with Gasteiger partial charge in [0.1, 0.15) is 0 Å². The number of hydrogen-bond acceptors (Lipinski definition) is 1. The summed E-state index contributed by atoms with van der Waals surface area (Å²) in [6.07, 6.45) is -7.41. The maximum absolute atomic E-state index is 13.3. The summed E-state index contributed by atoms with van der Waals surface area (Å²) in [7, 11) is 0. The highest BCUT2D eigenvalue weighted by Gasteiger charge is 2.34. The highest BCUT2D eigenvalue weighted by Crippen LogP contribution is 2.42. The van der Waals surface area contributed by atoms with Gasteiger partial charge in [0.15, 0.2) is 0 Å². The molecule has 0 saturated carbocycles. The SMILES string of the molecule is O=C(O)CC1CCCc2c1n(Cc1ccc(C(F)(F)F)cc1)c1ccc(C(F)(F)F)cc21. The van der Waals surface area contributed by atoms with Crippen LogP contribution < -0.4 is 0 Å². The maximum Gasteiger partial charge on any atom is 0.416 e. The van der Waals surface area contributed by atoms with Crippen molar-refractivity contribution < 1.29 is 36.2 Å². The Morgan fingerprint density at radius 2 is 1.59 bits per heavy atom. The van der Waals surface area contributed by atoms with Crippen molar-refractivity contribution in [1.29, 1.82) is 0 Å². The van der Waals surface area contributed by atoms with Crippen LogP contribution >= 0.6 is 0 Å². The Kier molecular flexibility index (Phi) is 5.46. The molecule has 0 amide bonds. The van der Waals surface area contributed by atoms with Crippen molar-refractivity contribution in [3.8, 4) is 0 Å². The van der Waals surface area contributed by atoms with Gasteiger partial charge in [0, 0.05) is 29.1 Å². The van der Waals surface area contributed by atoms with E-state index in [0.29, 0.717) is 47.0 Å². The van der Waals surface area contributed by atoms with Gasteiger partial charge in [-0.25, -0.2) is 0 Å².